The lowest BCUT2D eigenvalue weighted by atomic mass is 10.0. The summed E-state index contributed by atoms with van der Waals surface area (Å²) in [4.78, 5) is 0. The topological polar surface area (TPSA) is 30.5 Å². The molecular formula is C16H27NO2. The SMILES string of the molecule is COc1ccccc1OCCNC(C)CCC(C)C. The molecule has 0 saturated carbocycles. The maximum atomic E-state index is 5.72. The fourth-order valence-corrected chi connectivity index (χ4v) is 1.89. The minimum Gasteiger partial charge on any atom is -0.493 e. The van der Waals surface area contributed by atoms with E-state index in [-0.39, 0.29) is 0 Å². The van der Waals surface area contributed by atoms with Crippen molar-refractivity contribution >= 4 is 0 Å². The number of para-hydroxylation sites is 2. The Morgan fingerprint density at radius 2 is 1.74 bits per heavy atom. The highest BCUT2D eigenvalue weighted by Gasteiger charge is 2.04. The predicted octanol–water partition coefficient (Wildman–Crippen LogP) is 3.49. The minimum absolute atomic E-state index is 0.545. The molecule has 19 heavy (non-hydrogen) atoms. The molecule has 1 N–H and O–H groups in total. The van der Waals surface area contributed by atoms with Gasteiger partial charge in [0.25, 0.3) is 0 Å². The summed E-state index contributed by atoms with van der Waals surface area (Å²) in [6.45, 7) is 8.27. The summed E-state index contributed by atoms with van der Waals surface area (Å²) in [7, 11) is 1.66. The summed E-state index contributed by atoms with van der Waals surface area (Å²) >= 11 is 0. The highest BCUT2D eigenvalue weighted by molar-refractivity contribution is 5.39. The molecule has 0 aliphatic heterocycles. The molecule has 0 spiro atoms. The molecule has 0 aliphatic carbocycles. The van der Waals surface area contributed by atoms with Gasteiger partial charge < -0.3 is 14.8 Å². The Kier molecular flexibility index (Phi) is 7.34. The number of ether oxygens (including phenoxy) is 2. The first-order chi connectivity index (χ1) is 9.13. The Labute approximate surface area is 117 Å². The monoisotopic (exact) mass is 265 g/mol. The second kappa shape index (κ2) is 8.81. The second-order valence-electron chi connectivity index (χ2n) is 5.33. The van der Waals surface area contributed by atoms with E-state index in [1.165, 1.54) is 12.8 Å². The number of methoxy groups -OCH3 is 1. The van der Waals surface area contributed by atoms with Crippen molar-refractivity contribution in [1.82, 2.24) is 5.32 Å². The van der Waals surface area contributed by atoms with Gasteiger partial charge in [0.05, 0.1) is 7.11 Å². The van der Waals surface area contributed by atoms with Gasteiger partial charge in [-0.2, -0.15) is 0 Å². The number of nitrogens with one attached hydrogen (secondary N) is 1. The van der Waals surface area contributed by atoms with Crippen LogP contribution in [0.5, 0.6) is 11.5 Å². The van der Waals surface area contributed by atoms with Gasteiger partial charge in [0, 0.05) is 12.6 Å². The average Bonchev–Trinajstić information content (AvgIpc) is 2.41. The van der Waals surface area contributed by atoms with Crippen LogP contribution in [0, 0.1) is 5.92 Å². The number of benzene rings is 1. The van der Waals surface area contributed by atoms with Gasteiger partial charge in [-0.25, -0.2) is 0 Å². The van der Waals surface area contributed by atoms with E-state index in [0.717, 1.165) is 24.0 Å². The van der Waals surface area contributed by atoms with E-state index in [9.17, 15) is 0 Å². The molecule has 1 atom stereocenters. The van der Waals surface area contributed by atoms with Crippen molar-refractivity contribution in [3.05, 3.63) is 24.3 Å². The largest absolute Gasteiger partial charge is 0.493 e. The van der Waals surface area contributed by atoms with E-state index in [4.69, 9.17) is 9.47 Å². The Balaban J connectivity index is 2.20. The van der Waals surface area contributed by atoms with Gasteiger partial charge in [-0.1, -0.05) is 26.0 Å². The van der Waals surface area contributed by atoms with E-state index in [2.05, 4.69) is 26.1 Å². The lowest BCUT2D eigenvalue weighted by molar-refractivity contribution is 0.284. The maximum Gasteiger partial charge on any atom is 0.161 e. The number of hydrogen-bond acceptors (Lipinski definition) is 3. The molecule has 1 aromatic carbocycles. The maximum absolute atomic E-state index is 5.72. The Hall–Kier alpha value is -1.22. The Morgan fingerprint density at radius 3 is 2.37 bits per heavy atom. The van der Waals surface area contributed by atoms with Crippen LogP contribution in [-0.4, -0.2) is 26.3 Å². The molecule has 0 aliphatic rings. The van der Waals surface area contributed by atoms with Crippen molar-refractivity contribution in [3.63, 3.8) is 0 Å². The van der Waals surface area contributed by atoms with Crippen LogP contribution in [0.2, 0.25) is 0 Å². The summed E-state index contributed by atoms with van der Waals surface area (Å²) in [5, 5.41) is 3.48. The Bertz CT molecular complexity index is 352. The van der Waals surface area contributed by atoms with Gasteiger partial charge in [0.1, 0.15) is 6.61 Å². The first-order valence-electron chi connectivity index (χ1n) is 7.12. The molecule has 0 heterocycles. The molecule has 0 saturated heterocycles. The van der Waals surface area contributed by atoms with Gasteiger partial charge >= 0.3 is 0 Å². The fraction of sp³-hybridized carbons (Fsp3) is 0.625. The standard InChI is InChI=1S/C16H27NO2/c1-13(2)9-10-14(3)17-11-12-19-16-8-6-5-7-15(16)18-4/h5-8,13-14,17H,9-12H2,1-4H3. The first kappa shape index (κ1) is 15.8. The smallest absolute Gasteiger partial charge is 0.161 e. The summed E-state index contributed by atoms with van der Waals surface area (Å²) in [6, 6.07) is 8.28. The Morgan fingerprint density at radius 1 is 1.05 bits per heavy atom. The van der Waals surface area contributed by atoms with Crippen LogP contribution in [0.4, 0.5) is 0 Å². The van der Waals surface area contributed by atoms with Gasteiger partial charge in [-0.3, -0.25) is 0 Å². The summed E-state index contributed by atoms with van der Waals surface area (Å²) in [5.41, 5.74) is 0. The van der Waals surface area contributed by atoms with Crippen LogP contribution in [-0.2, 0) is 0 Å². The van der Waals surface area contributed by atoms with E-state index in [0.29, 0.717) is 12.6 Å². The van der Waals surface area contributed by atoms with Crippen LogP contribution >= 0.6 is 0 Å². The normalized spacial score (nSPS) is 12.5. The zero-order valence-corrected chi connectivity index (χ0v) is 12.6. The number of rotatable bonds is 9. The molecule has 0 fully saturated rings. The van der Waals surface area contributed by atoms with Crippen molar-refractivity contribution < 1.29 is 9.47 Å². The molecule has 3 nitrogen and oxygen atoms in total. The van der Waals surface area contributed by atoms with Gasteiger partial charge in [0.2, 0.25) is 0 Å². The summed E-state index contributed by atoms with van der Waals surface area (Å²) < 4.78 is 11.0. The van der Waals surface area contributed by atoms with Crippen molar-refractivity contribution in [1.29, 1.82) is 0 Å². The third-order valence-electron chi connectivity index (χ3n) is 3.10. The third-order valence-corrected chi connectivity index (χ3v) is 3.10. The summed E-state index contributed by atoms with van der Waals surface area (Å²) in [6.07, 6.45) is 2.48. The highest BCUT2D eigenvalue weighted by Crippen LogP contribution is 2.25. The average molecular weight is 265 g/mol. The first-order valence-corrected chi connectivity index (χ1v) is 7.12. The molecule has 0 radical (unpaired) electrons. The minimum atomic E-state index is 0.545. The molecular weight excluding hydrogens is 238 g/mol. The third kappa shape index (κ3) is 6.48. The highest BCUT2D eigenvalue weighted by atomic mass is 16.5. The molecule has 0 amide bonds. The molecule has 1 aromatic rings. The van der Waals surface area contributed by atoms with Gasteiger partial charge in [0.15, 0.2) is 11.5 Å². The molecule has 1 unspecified atom stereocenters. The lowest BCUT2D eigenvalue weighted by Crippen LogP contribution is -2.30. The van der Waals surface area contributed by atoms with Gasteiger partial charge in [-0.05, 0) is 37.8 Å². The zero-order valence-electron chi connectivity index (χ0n) is 12.6. The van der Waals surface area contributed by atoms with Crippen molar-refractivity contribution in [2.24, 2.45) is 5.92 Å². The van der Waals surface area contributed by atoms with Crippen LogP contribution in [0.1, 0.15) is 33.6 Å². The zero-order chi connectivity index (χ0) is 14.1. The molecule has 3 heteroatoms. The van der Waals surface area contributed by atoms with Crippen molar-refractivity contribution in [3.8, 4) is 11.5 Å². The predicted molar refractivity (Wildman–Crippen MR) is 80.0 cm³/mol. The molecule has 0 aromatic heterocycles. The molecule has 108 valence electrons. The van der Waals surface area contributed by atoms with Crippen molar-refractivity contribution in [2.45, 2.75) is 39.7 Å². The molecule has 0 bridgehead atoms. The van der Waals surface area contributed by atoms with Crippen molar-refractivity contribution in [2.75, 3.05) is 20.3 Å². The quantitative estimate of drug-likeness (QED) is 0.693. The van der Waals surface area contributed by atoms with E-state index >= 15 is 0 Å². The molecule has 1 rings (SSSR count). The van der Waals surface area contributed by atoms with E-state index in [1.807, 2.05) is 24.3 Å². The van der Waals surface area contributed by atoms with Crippen LogP contribution in [0.3, 0.4) is 0 Å². The van der Waals surface area contributed by atoms with Crippen LogP contribution < -0.4 is 14.8 Å². The van der Waals surface area contributed by atoms with E-state index < -0.39 is 0 Å². The van der Waals surface area contributed by atoms with Crippen LogP contribution in [0.25, 0.3) is 0 Å². The fourth-order valence-electron chi connectivity index (χ4n) is 1.89. The summed E-state index contributed by atoms with van der Waals surface area (Å²) in [5.74, 6) is 2.37. The van der Waals surface area contributed by atoms with Crippen LogP contribution in [0.15, 0.2) is 24.3 Å². The lowest BCUT2D eigenvalue weighted by Gasteiger charge is -2.16. The number of hydrogen-bond donors (Lipinski definition) is 1. The van der Waals surface area contributed by atoms with Gasteiger partial charge in [-0.15, -0.1) is 0 Å². The van der Waals surface area contributed by atoms with E-state index in [1.54, 1.807) is 7.11 Å². The second-order valence-corrected chi connectivity index (χ2v) is 5.33.